The molecule has 0 heteroatoms. The summed E-state index contributed by atoms with van der Waals surface area (Å²) < 4.78 is 0. The fourth-order valence-corrected chi connectivity index (χ4v) is 6.90. The van der Waals surface area contributed by atoms with E-state index in [0.29, 0.717) is 0 Å². The quantitative estimate of drug-likeness (QED) is 0.426. The molecule has 29 heavy (non-hydrogen) atoms. The highest BCUT2D eigenvalue weighted by atomic mass is 14.7. The summed E-state index contributed by atoms with van der Waals surface area (Å²) in [5, 5.41) is 0. The Morgan fingerprint density at radius 2 is 1.17 bits per heavy atom. The van der Waals surface area contributed by atoms with Crippen LogP contribution < -0.4 is 0 Å². The number of benzene rings is 2. The van der Waals surface area contributed by atoms with Crippen LogP contribution in [0.25, 0.3) is 0 Å². The van der Waals surface area contributed by atoms with Gasteiger partial charge in [0.25, 0.3) is 0 Å². The summed E-state index contributed by atoms with van der Waals surface area (Å²) in [6.07, 6.45) is 14.7. The zero-order valence-corrected chi connectivity index (χ0v) is 17.5. The Morgan fingerprint density at radius 3 is 1.69 bits per heavy atom. The molecule has 0 nitrogen and oxygen atoms in total. The summed E-state index contributed by atoms with van der Waals surface area (Å²) in [4.78, 5) is 0. The van der Waals surface area contributed by atoms with Crippen LogP contribution in [0.3, 0.4) is 0 Å². The number of hydrogen-bond acceptors (Lipinski definition) is 0. The van der Waals surface area contributed by atoms with Crippen LogP contribution in [0.15, 0.2) is 99.2 Å². The van der Waals surface area contributed by atoms with Gasteiger partial charge in [-0.1, -0.05) is 72.8 Å². The minimum atomic E-state index is -0.161. The number of rotatable bonds is 8. The van der Waals surface area contributed by atoms with Crippen LogP contribution in [0.5, 0.6) is 0 Å². The maximum absolute atomic E-state index is 4.51. The van der Waals surface area contributed by atoms with Gasteiger partial charge in [-0.25, -0.2) is 0 Å². The molecule has 0 saturated carbocycles. The smallest absolute Gasteiger partial charge is 0.0263 e. The summed E-state index contributed by atoms with van der Waals surface area (Å²) in [6.45, 7) is 17.0. The lowest BCUT2D eigenvalue weighted by Crippen LogP contribution is -2.54. The van der Waals surface area contributed by atoms with Crippen LogP contribution in [0.4, 0.5) is 0 Å². The maximum Gasteiger partial charge on any atom is 0.0263 e. The molecule has 1 atom stereocenters. The largest absolute Gasteiger partial charge is 0.103 e. The molecule has 0 bridgehead atoms. The molecule has 2 aromatic rings. The summed E-state index contributed by atoms with van der Waals surface area (Å²) in [6, 6.07) is 18.0. The Hall–Kier alpha value is -2.60. The molecule has 0 radical (unpaired) electrons. The van der Waals surface area contributed by atoms with Gasteiger partial charge in [-0.2, -0.15) is 0 Å². The molecule has 0 fully saturated rings. The van der Waals surface area contributed by atoms with E-state index < -0.39 is 0 Å². The molecule has 0 saturated heterocycles. The van der Waals surface area contributed by atoms with Gasteiger partial charge in [-0.3, -0.25) is 0 Å². The van der Waals surface area contributed by atoms with Crippen molar-refractivity contribution in [2.75, 3.05) is 0 Å². The van der Waals surface area contributed by atoms with Crippen molar-refractivity contribution in [1.29, 1.82) is 0 Å². The van der Waals surface area contributed by atoms with Crippen LogP contribution in [-0.2, 0) is 24.7 Å². The van der Waals surface area contributed by atoms with Gasteiger partial charge >= 0.3 is 0 Å². The summed E-state index contributed by atoms with van der Waals surface area (Å²) in [7, 11) is 0. The molecular weight excluding hydrogens is 348 g/mol. The Balaban J connectivity index is 2.03. The van der Waals surface area contributed by atoms with E-state index in [1.807, 2.05) is 0 Å². The van der Waals surface area contributed by atoms with E-state index in [1.54, 1.807) is 0 Å². The highest BCUT2D eigenvalue weighted by molar-refractivity contribution is 5.53. The number of hydrogen-bond donors (Lipinski definition) is 0. The van der Waals surface area contributed by atoms with Crippen LogP contribution in [0, 0.1) is 10.8 Å². The van der Waals surface area contributed by atoms with Crippen molar-refractivity contribution in [3.8, 4) is 0 Å². The van der Waals surface area contributed by atoms with Gasteiger partial charge in [-0.05, 0) is 71.6 Å². The van der Waals surface area contributed by atoms with E-state index in [4.69, 9.17) is 0 Å². The SMILES string of the molecule is C=CCC1(C2(C=C)c3ccccc3CC2(CC=C)CC=C)Cc2ccccc2C1. The van der Waals surface area contributed by atoms with Crippen LogP contribution in [0.1, 0.15) is 41.5 Å². The van der Waals surface area contributed by atoms with Gasteiger partial charge in [0.2, 0.25) is 0 Å². The molecular formula is C29H32. The Bertz CT molecular complexity index is 925. The summed E-state index contributed by atoms with van der Waals surface area (Å²) in [5.41, 5.74) is 5.74. The van der Waals surface area contributed by atoms with Gasteiger partial charge in [-0.15, -0.1) is 26.3 Å². The van der Waals surface area contributed by atoms with Crippen molar-refractivity contribution in [1.82, 2.24) is 0 Å². The maximum atomic E-state index is 4.51. The third kappa shape index (κ3) is 2.58. The minimum absolute atomic E-state index is 0.00693. The first kappa shape index (κ1) is 19.7. The second-order valence-corrected chi connectivity index (χ2v) is 9.01. The highest BCUT2D eigenvalue weighted by Crippen LogP contribution is 2.68. The molecule has 2 aromatic carbocycles. The molecule has 2 aliphatic rings. The molecule has 148 valence electrons. The first-order valence-electron chi connectivity index (χ1n) is 10.7. The van der Waals surface area contributed by atoms with Crippen molar-refractivity contribution >= 4 is 0 Å². The van der Waals surface area contributed by atoms with Gasteiger partial charge in [0.15, 0.2) is 0 Å². The lowest BCUT2D eigenvalue weighted by molar-refractivity contribution is 0.0415. The van der Waals surface area contributed by atoms with Gasteiger partial charge < -0.3 is 0 Å². The lowest BCUT2D eigenvalue weighted by Gasteiger charge is -2.56. The van der Waals surface area contributed by atoms with Crippen molar-refractivity contribution in [3.63, 3.8) is 0 Å². The Morgan fingerprint density at radius 1 is 0.655 bits per heavy atom. The number of fused-ring (bicyclic) bond motifs is 2. The molecule has 2 aliphatic carbocycles. The molecule has 1 unspecified atom stereocenters. The van der Waals surface area contributed by atoms with Crippen LogP contribution >= 0.6 is 0 Å². The van der Waals surface area contributed by atoms with Crippen molar-refractivity contribution in [2.24, 2.45) is 10.8 Å². The molecule has 0 heterocycles. The molecule has 0 aromatic heterocycles. The first-order valence-corrected chi connectivity index (χ1v) is 10.7. The predicted molar refractivity (Wildman–Crippen MR) is 125 cm³/mol. The molecule has 0 spiro atoms. The second-order valence-electron chi connectivity index (χ2n) is 9.01. The van der Waals surface area contributed by atoms with E-state index in [2.05, 4.69) is 99.2 Å². The van der Waals surface area contributed by atoms with Crippen LogP contribution in [0.2, 0.25) is 0 Å². The van der Waals surface area contributed by atoms with E-state index in [9.17, 15) is 0 Å². The Kier molecular flexibility index (Phi) is 4.99. The standard InChI is InChI=1S/C29H32/c1-5-17-27(18-6-2)22-25-15-11-12-16-26(25)29(27,8-4)28(19-7-3)20-23-13-9-10-14-24(23)21-28/h5-16H,1-4,17-22H2. The second kappa shape index (κ2) is 7.34. The zero-order chi connectivity index (χ0) is 20.5. The van der Waals surface area contributed by atoms with E-state index >= 15 is 0 Å². The molecule has 4 rings (SSSR count). The Labute approximate surface area is 176 Å². The van der Waals surface area contributed by atoms with Crippen LogP contribution in [-0.4, -0.2) is 0 Å². The van der Waals surface area contributed by atoms with Gasteiger partial charge in [0.1, 0.15) is 0 Å². The fraction of sp³-hybridized carbons (Fsp3) is 0.310. The lowest BCUT2D eigenvalue weighted by atomic mass is 9.47. The average Bonchev–Trinajstić information content (AvgIpc) is 3.22. The third-order valence-electron chi connectivity index (χ3n) is 7.73. The number of allylic oxidation sites excluding steroid dienone is 4. The monoisotopic (exact) mass is 380 g/mol. The minimum Gasteiger partial charge on any atom is -0.103 e. The molecule has 0 N–H and O–H groups in total. The summed E-state index contributed by atoms with van der Waals surface area (Å²) in [5.74, 6) is 0. The third-order valence-corrected chi connectivity index (χ3v) is 7.73. The van der Waals surface area contributed by atoms with Gasteiger partial charge in [0, 0.05) is 5.41 Å². The normalized spacial score (nSPS) is 23.0. The van der Waals surface area contributed by atoms with Gasteiger partial charge in [0.05, 0.1) is 0 Å². The highest BCUT2D eigenvalue weighted by Gasteiger charge is 2.64. The summed E-state index contributed by atoms with van der Waals surface area (Å²) >= 11 is 0. The van der Waals surface area contributed by atoms with E-state index in [1.165, 1.54) is 22.3 Å². The average molecular weight is 381 g/mol. The van der Waals surface area contributed by atoms with Crippen molar-refractivity contribution in [2.45, 2.75) is 43.9 Å². The van der Waals surface area contributed by atoms with Crippen molar-refractivity contribution < 1.29 is 0 Å². The van der Waals surface area contributed by atoms with E-state index in [-0.39, 0.29) is 16.2 Å². The van der Waals surface area contributed by atoms with Crippen molar-refractivity contribution in [3.05, 3.63) is 121 Å². The zero-order valence-electron chi connectivity index (χ0n) is 17.5. The topological polar surface area (TPSA) is 0 Å². The first-order chi connectivity index (χ1) is 14.1. The fourth-order valence-electron chi connectivity index (χ4n) is 6.90. The predicted octanol–water partition coefficient (Wildman–Crippen LogP) is 7.17. The van der Waals surface area contributed by atoms with E-state index in [0.717, 1.165) is 38.5 Å². The molecule has 0 amide bonds. The molecule has 0 aliphatic heterocycles.